The number of benzene rings is 1. The number of hydrogen-bond acceptors (Lipinski definition) is 8. The fourth-order valence-corrected chi connectivity index (χ4v) is 3.58. The maximum absolute atomic E-state index is 12.1. The van der Waals surface area contributed by atoms with Crippen molar-refractivity contribution in [1.82, 2.24) is 9.97 Å². The zero-order chi connectivity index (χ0) is 24.0. The molecular weight excluding hydrogens is 428 g/mol. The highest BCUT2D eigenvalue weighted by atomic mass is 16.6. The zero-order valence-electron chi connectivity index (χ0n) is 18.6. The number of Topliss-reactive ketones (excluding diaryl/α,β-unsaturated/α-hetero) is 1. The molecule has 11 nitrogen and oxygen atoms in total. The van der Waals surface area contributed by atoms with Crippen molar-refractivity contribution in [2.75, 3.05) is 18.0 Å². The third-order valence-corrected chi connectivity index (χ3v) is 5.29. The van der Waals surface area contributed by atoms with E-state index in [4.69, 9.17) is 10.5 Å². The van der Waals surface area contributed by atoms with Crippen molar-refractivity contribution in [3.8, 4) is 11.6 Å². The van der Waals surface area contributed by atoms with Crippen molar-refractivity contribution >= 4 is 29.0 Å². The molecule has 0 spiro atoms. The number of carbonyl (C=O) groups is 2. The summed E-state index contributed by atoms with van der Waals surface area (Å²) < 4.78 is 5.71. The van der Waals surface area contributed by atoms with Crippen LogP contribution in [0.15, 0.2) is 35.6 Å². The molecular formula is C22H26N6O5. The first-order valence-electron chi connectivity index (χ1n) is 10.6. The first-order valence-corrected chi connectivity index (χ1v) is 10.6. The van der Waals surface area contributed by atoms with Crippen molar-refractivity contribution in [2.45, 2.75) is 39.5 Å². The summed E-state index contributed by atoms with van der Waals surface area (Å²) in [5.41, 5.74) is 6.11. The molecule has 0 unspecified atom stereocenters. The molecule has 1 amide bonds. The molecule has 1 fully saturated rings. The Balaban J connectivity index is 1.75. The maximum Gasteiger partial charge on any atom is 0.373 e. The Bertz CT molecular complexity index is 1060. The number of nitrogens with two attached hydrogens (primary N) is 1. The van der Waals surface area contributed by atoms with Gasteiger partial charge in [-0.15, -0.1) is 0 Å². The Morgan fingerprint density at radius 3 is 2.45 bits per heavy atom. The topological polar surface area (TPSA) is 154 Å². The van der Waals surface area contributed by atoms with Crippen molar-refractivity contribution in [1.29, 1.82) is 0 Å². The van der Waals surface area contributed by atoms with Gasteiger partial charge in [0.05, 0.1) is 10.8 Å². The van der Waals surface area contributed by atoms with Crippen molar-refractivity contribution in [3.63, 3.8) is 0 Å². The molecule has 2 heterocycles. The van der Waals surface area contributed by atoms with E-state index >= 15 is 0 Å². The third-order valence-electron chi connectivity index (χ3n) is 5.29. The van der Waals surface area contributed by atoms with Gasteiger partial charge in [-0.3, -0.25) is 14.9 Å². The molecule has 0 radical (unpaired) electrons. The molecule has 174 valence electrons. The molecule has 0 atom stereocenters. The second-order valence-electron chi connectivity index (χ2n) is 7.91. The molecule has 0 bridgehead atoms. The van der Waals surface area contributed by atoms with Gasteiger partial charge in [0.1, 0.15) is 17.9 Å². The van der Waals surface area contributed by atoms with E-state index < -0.39 is 4.92 Å². The molecule has 1 aromatic carbocycles. The van der Waals surface area contributed by atoms with Crippen LogP contribution in [0, 0.1) is 16.0 Å². The van der Waals surface area contributed by atoms with Gasteiger partial charge in [0.25, 0.3) is 5.91 Å². The Morgan fingerprint density at radius 1 is 1.21 bits per heavy atom. The van der Waals surface area contributed by atoms with Crippen LogP contribution in [-0.2, 0) is 16.0 Å². The summed E-state index contributed by atoms with van der Waals surface area (Å²) in [6.07, 6.45) is 3.24. The van der Waals surface area contributed by atoms with Crippen LogP contribution in [0.4, 0.5) is 11.5 Å². The molecule has 0 aliphatic carbocycles. The number of hydrogen-bond donors (Lipinski definition) is 1. The van der Waals surface area contributed by atoms with E-state index in [2.05, 4.69) is 15.0 Å². The van der Waals surface area contributed by atoms with Crippen molar-refractivity contribution in [3.05, 3.63) is 46.3 Å². The first kappa shape index (κ1) is 23.8. The SMILES string of the molecule is CC(=O)CCc1ccc(Oc2ncnc(N3CCC(C(=O)N=C(C)N)CC3)c2[N+](=O)[O-])cc1. The van der Waals surface area contributed by atoms with Crippen molar-refractivity contribution < 1.29 is 19.2 Å². The fraction of sp³-hybridized carbons (Fsp3) is 0.409. The van der Waals surface area contributed by atoms with Crippen molar-refractivity contribution in [2.24, 2.45) is 16.6 Å². The lowest BCUT2D eigenvalue weighted by Gasteiger charge is -2.31. The van der Waals surface area contributed by atoms with E-state index in [0.29, 0.717) is 44.5 Å². The molecule has 2 aromatic rings. The van der Waals surface area contributed by atoms with Gasteiger partial charge in [-0.1, -0.05) is 12.1 Å². The van der Waals surface area contributed by atoms with Gasteiger partial charge in [0, 0.05) is 25.4 Å². The van der Waals surface area contributed by atoms with Crippen LogP contribution in [0.5, 0.6) is 11.6 Å². The summed E-state index contributed by atoms with van der Waals surface area (Å²) in [6.45, 7) is 3.90. The number of ether oxygens (including phenoxy) is 1. The van der Waals surface area contributed by atoms with E-state index in [0.717, 1.165) is 5.56 Å². The number of rotatable bonds is 8. The first-order chi connectivity index (χ1) is 15.7. The quantitative estimate of drug-likeness (QED) is 0.274. The van der Waals surface area contributed by atoms with Gasteiger partial charge in [0.2, 0.25) is 5.82 Å². The lowest BCUT2D eigenvalue weighted by molar-refractivity contribution is -0.385. The number of carbonyl (C=O) groups excluding carboxylic acids is 2. The minimum atomic E-state index is -0.564. The van der Waals surface area contributed by atoms with Crippen LogP contribution in [-0.4, -0.2) is 45.5 Å². The van der Waals surface area contributed by atoms with E-state index in [1.54, 1.807) is 43.0 Å². The Morgan fingerprint density at radius 2 is 1.88 bits per heavy atom. The summed E-state index contributed by atoms with van der Waals surface area (Å²) in [6, 6.07) is 6.97. The highest BCUT2D eigenvalue weighted by Gasteiger charge is 2.32. The monoisotopic (exact) mass is 454 g/mol. The lowest BCUT2D eigenvalue weighted by Crippen LogP contribution is -2.37. The van der Waals surface area contributed by atoms with E-state index in [1.165, 1.54) is 6.33 Å². The minimum Gasteiger partial charge on any atom is -0.434 e. The predicted octanol–water partition coefficient (Wildman–Crippen LogP) is 2.82. The largest absolute Gasteiger partial charge is 0.434 e. The second kappa shape index (κ2) is 10.6. The van der Waals surface area contributed by atoms with Gasteiger partial charge >= 0.3 is 11.6 Å². The van der Waals surface area contributed by atoms with E-state index in [9.17, 15) is 19.7 Å². The molecule has 1 aliphatic rings. The molecule has 2 N–H and O–H groups in total. The standard InChI is InChI=1S/C22H26N6O5/c1-14(29)3-4-16-5-7-18(8-6-16)33-22-19(28(31)32)20(24-13-25-22)27-11-9-17(10-12-27)21(30)26-15(2)23/h5-8,13,17H,3-4,9-12H2,1-2H3,(H2,23,26,30). The van der Waals surface area contributed by atoms with Gasteiger partial charge in [0.15, 0.2) is 0 Å². The van der Waals surface area contributed by atoms with Crippen LogP contribution < -0.4 is 15.4 Å². The number of ketones is 1. The summed E-state index contributed by atoms with van der Waals surface area (Å²) in [5.74, 6) is 0.127. The van der Waals surface area contributed by atoms with Gasteiger partial charge in [-0.05, 0) is 50.8 Å². The second-order valence-corrected chi connectivity index (χ2v) is 7.91. The maximum atomic E-state index is 12.1. The molecule has 1 saturated heterocycles. The highest BCUT2D eigenvalue weighted by molar-refractivity contribution is 5.93. The van der Waals surface area contributed by atoms with Crippen LogP contribution in [0.3, 0.4) is 0 Å². The Hall–Kier alpha value is -3.89. The van der Waals surface area contributed by atoms with Crippen LogP contribution in [0.25, 0.3) is 0 Å². The molecule has 11 heteroatoms. The van der Waals surface area contributed by atoms with E-state index in [-0.39, 0.29) is 40.8 Å². The summed E-state index contributed by atoms with van der Waals surface area (Å²) in [7, 11) is 0. The third kappa shape index (κ3) is 6.31. The van der Waals surface area contributed by atoms with Crippen LogP contribution in [0.1, 0.15) is 38.7 Å². The molecule has 3 rings (SSSR count). The zero-order valence-corrected chi connectivity index (χ0v) is 18.6. The number of piperidine rings is 1. The summed E-state index contributed by atoms with van der Waals surface area (Å²) >= 11 is 0. The minimum absolute atomic E-state index is 0.107. The van der Waals surface area contributed by atoms with Crippen LogP contribution >= 0.6 is 0 Å². The smallest absolute Gasteiger partial charge is 0.373 e. The lowest BCUT2D eigenvalue weighted by atomic mass is 9.96. The molecule has 1 aromatic heterocycles. The number of aryl methyl sites for hydroxylation is 1. The van der Waals surface area contributed by atoms with Gasteiger partial charge in [-0.2, -0.15) is 4.98 Å². The number of aliphatic imine (C=N–C) groups is 1. The summed E-state index contributed by atoms with van der Waals surface area (Å²) in [5, 5.41) is 11.9. The number of amides is 1. The highest BCUT2D eigenvalue weighted by Crippen LogP contribution is 2.37. The van der Waals surface area contributed by atoms with E-state index in [1.807, 2.05) is 0 Å². The number of nitrogens with zero attached hydrogens (tertiary/aromatic N) is 5. The predicted molar refractivity (Wildman–Crippen MR) is 121 cm³/mol. The fourth-order valence-electron chi connectivity index (χ4n) is 3.58. The number of anilines is 1. The number of nitro groups is 1. The Labute approximate surface area is 190 Å². The number of aromatic nitrogens is 2. The average molecular weight is 454 g/mol. The van der Waals surface area contributed by atoms with Gasteiger partial charge in [-0.25, -0.2) is 9.98 Å². The Kier molecular flexibility index (Phi) is 7.65. The normalized spacial score (nSPS) is 14.7. The summed E-state index contributed by atoms with van der Waals surface area (Å²) in [4.78, 5) is 48.2. The molecule has 33 heavy (non-hydrogen) atoms. The average Bonchev–Trinajstić information content (AvgIpc) is 2.78. The molecule has 1 aliphatic heterocycles. The number of amidine groups is 1. The molecule has 0 saturated carbocycles. The van der Waals surface area contributed by atoms with Crippen LogP contribution in [0.2, 0.25) is 0 Å². The van der Waals surface area contributed by atoms with Gasteiger partial charge < -0.3 is 20.2 Å².